The normalized spacial score (nSPS) is 11.1. The molecule has 0 unspecified atom stereocenters. The molecule has 3 rings (SSSR count). The molecule has 14 heteroatoms. The van der Waals surface area contributed by atoms with Crippen molar-refractivity contribution in [3.05, 3.63) is 87.0 Å². The molecule has 0 bridgehead atoms. The molecule has 11 nitrogen and oxygen atoms in total. The third-order valence-electron chi connectivity index (χ3n) is 5.07. The second-order valence-corrected chi connectivity index (χ2v) is 7.55. The van der Waals surface area contributed by atoms with Crippen molar-refractivity contribution in [1.29, 1.82) is 0 Å². The molecule has 2 amide bonds. The summed E-state index contributed by atoms with van der Waals surface area (Å²) in [4.78, 5) is 53.2. The fraction of sp³-hybridized carbons (Fsp3) is 0.174. The lowest BCUT2D eigenvalue weighted by molar-refractivity contribution is -0.138. The molecule has 2 aromatic heterocycles. The minimum Gasteiger partial charge on any atom is -0.506 e. The molecule has 0 fully saturated rings. The van der Waals surface area contributed by atoms with Crippen LogP contribution in [0.1, 0.15) is 37.5 Å². The van der Waals surface area contributed by atoms with Crippen molar-refractivity contribution in [2.45, 2.75) is 19.3 Å². The molecule has 0 radical (unpaired) electrons. The molecule has 3 aromatic rings. The van der Waals surface area contributed by atoms with E-state index in [0.29, 0.717) is 10.3 Å². The number of pyridine rings is 2. The average molecular weight is 520 g/mol. The third-order valence-corrected chi connectivity index (χ3v) is 5.07. The summed E-state index contributed by atoms with van der Waals surface area (Å²) in [7, 11) is 0. The smallest absolute Gasteiger partial charge is 0.416 e. The molecule has 0 atom stereocenters. The van der Waals surface area contributed by atoms with Crippen LogP contribution in [0.5, 0.6) is 11.6 Å². The van der Waals surface area contributed by atoms with E-state index in [1.54, 1.807) is 18.2 Å². The summed E-state index contributed by atoms with van der Waals surface area (Å²) in [6.45, 7) is -2.13. The van der Waals surface area contributed by atoms with Gasteiger partial charge in [0.15, 0.2) is 5.75 Å². The van der Waals surface area contributed by atoms with Crippen LogP contribution in [0.2, 0.25) is 0 Å². The predicted molar refractivity (Wildman–Crippen MR) is 120 cm³/mol. The van der Waals surface area contributed by atoms with Crippen LogP contribution in [-0.2, 0) is 24.1 Å². The highest BCUT2D eigenvalue weighted by Gasteiger charge is 2.34. The van der Waals surface area contributed by atoms with E-state index in [-0.39, 0.29) is 6.54 Å². The molecule has 0 aliphatic heterocycles. The highest BCUT2D eigenvalue weighted by atomic mass is 19.4. The van der Waals surface area contributed by atoms with Crippen molar-refractivity contribution in [3.63, 3.8) is 0 Å². The lowest BCUT2D eigenvalue weighted by Crippen LogP contribution is -2.37. The van der Waals surface area contributed by atoms with Gasteiger partial charge in [-0.05, 0) is 23.8 Å². The molecule has 0 aliphatic carbocycles. The van der Waals surface area contributed by atoms with E-state index in [4.69, 9.17) is 5.11 Å². The van der Waals surface area contributed by atoms with Gasteiger partial charge in [-0.1, -0.05) is 24.3 Å². The maximum Gasteiger partial charge on any atom is 0.416 e. The topological polar surface area (TPSA) is 171 Å². The van der Waals surface area contributed by atoms with Crippen LogP contribution in [0.25, 0.3) is 0 Å². The second-order valence-electron chi connectivity index (χ2n) is 7.55. The number of amides is 2. The van der Waals surface area contributed by atoms with Crippen molar-refractivity contribution < 1.29 is 42.9 Å². The van der Waals surface area contributed by atoms with Gasteiger partial charge in [0.25, 0.3) is 17.4 Å². The third kappa shape index (κ3) is 6.04. The van der Waals surface area contributed by atoms with Gasteiger partial charge in [-0.25, -0.2) is 0 Å². The number of nitrogens with zero attached hydrogens (tertiary/aromatic N) is 2. The van der Waals surface area contributed by atoms with Gasteiger partial charge in [0.1, 0.15) is 17.7 Å². The van der Waals surface area contributed by atoms with E-state index >= 15 is 0 Å². The number of aromatic nitrogens is 2. The van der Waals surface area contributed by atoms with E-state index in [1.807, 2.05) is 5.32 Å². The molecule has 5 N–H and O–H groups in total. The van der Waals surface area contributed by atoms with Crippen LogP contribution in [-0.4, -0.2) is 49.2 Å². The first-order valence-electron chi connectivity index (χ1n) is 10.4. The number of carboxylic acid groups (broad SMARTS) is 1. The molecular weight excluding hydrogens is 501 g/mol. The van der Waals surface area contributed by atoms with Crippen molar-refractivity contribution in [2.24, 2.45) is 0 Å². The minimum atomic E-state index is -4.84. The number of halogens is 3. The first kappa shape index (κ1) is 26.7. The summed E-state index contributed by atoms with van der Waals surface area (Å²) >= 11 is 0. The van der Waals surface area contributed by atoms with Gasteiger partial charge in [-0.15, -0.1) is 0 Å². The van der Waals surface area contributed by atoms with Crippen LogP contribution in [0, 0.1) is 0 Å². The molecule has 2 heterocycles. The molecule has 194 valence electrons. The van der Waals surface area contributed by atoms with E-state index in [9.17, 15) is 42.6 Å². The largest absolute Gasteiger partial charge is 0.506 e. The van der Waals surface area contributed by atoms with Crippen LogP contribution in [0.4, 0.5) is 13.2 Å². The highest BCUT2D eigenvalue weighted by molar-refractivity contribution is 6.05. The first-order chi connectivity index (χ1) is 17.4. The van der Waals surface area contributed by atoms with Crippen LogP contribution < -0.4 is 16.2 Å². The standard InChI is InChI=1S/C23H19F3N4O7/c24-23(25,26)14-7-2-1-5-12(14)11-30-21(36)16(19(34)28-9-13-6-3-4-8-27-13)18(33)17(22(30)37)20(35)29-10-15(31)32/h1-8,33,36H,9-11H2,(H,28,34)(H,29,35)(H,31,32). The summed E-state index contributed by atoms with van der Waals surface area (Å²) in [5, 5.41) is 34.3. The van der Waals surface area contributed by atoms with E-state index in [1.165, 1.54) is 12.3 Å². The Bertz CT molecular complexity index is 1410. The Morgan fingerprint density at radius 3 is 2.22 bits per heavy atom. The Morgan fingerprint density at radius 2 is 1.59 bits per heavy atom. The number of benzene rings is 1. The first-order valence-corrected chi connectivity index (χ1v) is 10.4. The zero-order valence-corrected chi connectivity index (χ0v) is 18.7. The maximum absolute atomic E-state index is 13.5. The second kappa shape index (κ2) is 10.8. The Balaban J connectivity index is 2.14. The van der Waals surface area contributed by atoms with Gasteiger partial charge in [0.05, 0.1) is 24.3 Å². The monoisotopic (exact) mass is 520 g/mol. The van der Waals surface area contributed by atoms with Gasteiger partial charge in [-0.2, -0.15) is 13.2 Å². The lowest BCUT2D eigenvalue weighted by atomic mass is 10.1. The summed E-state index contributed by atoms with van der Waals surface area (Å²) in [6, 6.07) is 8.87. The van der Waals surface area contributed by atoms with Crippen LogP contribution in [0.3, 0.4) is 0 Å². The highest BCUT2D eigenvalue weighted by Crippen LogP contribution is 2.34. The molecular formula is C23H19F3N4O7. The van der Waals surface area contributed by atoms with Gasteiger partial charge in [0, 0.05) is 6.20 Å². The van der Waals surface area contributed by atoms with Crippen molar-refractivity contribution in [2.75, 3.05) is 6.54 Å². The number of nitrogens with one attached hydrogen (secondary N) is 2. The zero-order valence-electron chi connectivity index (χ0n) is 18.7. The molecule has 0 aliphatic rings. The zero-order chi connectivity index (χ0) is 27.3. The summed E-state index contributed by atoms with van der Waals surface area (Å²) in [5.74, 6) is -6.62. The fourth-order valence-electron chi connectivity index (χ4n) is 3.37. The predicted octanol–water partition coefficient (Wildman–Crippen LogP) is 1.47. The Kier molecular flexibility index (Phi) is 7.80. The molecule has 0 saturated carbocycles. The maximum atomic E-state index is 13.5. The minimum absolute atomic E-state index is 0.213. The number of aromatic hydroxyl groups is 2. The van der Waals surface area contributed by atoms with Crippen LogP contribution >= 0.6 is 0 Å². The van der Waals surface area contributed by atoms with Crippen LogP contribution in [0.15, 0.2) is 53.5 Å². The number of hydrogen-bond donors (Lipinski definition) is 5. The fourth-order valence-corrected chi connectivity index (χ4v) is 3.37. The van der Waals surface area contributed by atoms with Crippen molar-refractivity contribution in [3.8, 4) is 11.6 Å². The van der Waals surface area contributed by atoms with Gasteiger partial charge in [0.2, 0.25) is 5.88 Å². The quantitative estimate of drug-likeness (QED) is 0.297. The molecule has 1 aromatic carbocycles. The molecule has 0 spiro atoms. The number of rotatable bonds is 8. The summed E-state index contributed by atoms with van der Waals surface area (Å²) < 4.78 is 40.8. The average Bonchev–Trinajstić information content (AvgIpc) is 2.84. The SMILES string of the molecule is O=C(O)CNC(=O)c1c(O)c(C(=O)NCc2ccccn2)c(O)n(Cc2ccccc2C(F)(F)F)c1=O. The number of carbonyl (C=O) groups excluding carboxylic acids is 2. The Hall–Kier alpha value is -4.88. The van der Waals surface area contributed by atoms with Crippen molar-refractivity contribution >= 4 is 17.8 Å². The molecule has 37 heavy (non-hydrogen) atoms. The number of alkyl halides is 3. The Morgan fingerprint density at radius 1 is 0.946 bits per heavy atom. The number of carbonyl (C=O) groups is 3. The van der Waals surface area contributed by atoms with E-state index in [0.717, 1.165) is 18.2 Å². The Labute approximate surface area is 205 Å². The summed E-state index contributed by atoms with van der Waals surface area (Å²) in [5.41, 5.74) is -4.87. The number of hydrogen-bond acceptors (Lipinski definition) is 7. The number of aliphatic carboxylic acids is 1. The summed E-state index contributed by atoms with van der Waals surface area (Å²) in [6.07, 6.45) is -3.41. The van der Waals surface area contributed by atoms with Gasteiger partial charge >= 0.3 is 12.1 Å². The lowest BCUT2D eigenvalue weighted by Gasteiger charge is -2.18. The van der Waals surface area contributed by atoms with Gasteiger partial charge < -0.3 is 26.0 Å². The van der Waals surface area contributed by atoms with E-state index < -0.39 is 76.5 Å². The number of carboxylic acids is 1. The van der Waals surface area contributed by atoms with E-state index in [2.05, 4.69) is 10.3 Å². The molecule has 0 saturated heterocycles. The van der Waals surface area contributed by atoms with Crippen molar-refractivity contribution in [1.82, 2.24) is 20.2 Å². The van der Waals surface area contributed by atoms with Gasteiger partial charge in [-0.3, -0.25) is 28.7 Å².